The van der Waals surface area contributed by atoms with Crippen LogP contribution in [0.2, 0.25) is 0 Å². The average Bonchev–Trinajstić information content (AvgIpc) is 2.64. The molecule has 0 saturated heterocycles. The van der Waals surface area contributed by atoms with E-state index in [-0.39, 0.29) is 75.5 Å². The van der Waals surface area contributed by atoms with Crippen LogP contribution in [-0.2, 0) is 24.0 Å². The molecular weight excluding hydrogens is 532 g/mol. The van der Waals surface area contributed by atoms with Gasteiger partial charge in [0.2, 0.25) is 0 Å². The van der Waals surface area contributed by atoms with E-state index in [2.05, 4.69) is 0 Å². The Kier molecular flexibility index (Phi) is 28.0. The van der Waals surface area contributed by atoms with Crippen LogP contribution in [0, 0.1) is 0 Å². The van der Waals surface area contributed by atoms with E-state index in [4.69, 9.17) is 40.9 Å². The van der Waals surface area contributed by atoms with Crippen LogP contribution >= 0.6 is 0 Å². The first-order chi connectivity index (χ1) is 14.3. The van der Waals surface area contributed by atoms with E-state index in [9.17, 15) is 44.4 Å². The summed E-state index contributed by atoms with van der Waals surface area (Å²) in [6, 6.07) is 0. The van der Waals surface area contributed by atoms with E-state index in [1.54, 1.807) is 0 Å². The molecule has 0 radical (unpaired) electrons. The van der Waals surface area contributed by atoms with Crippen LogP contribution in [0.15, 0.2) is 0 Å². The fraction of sp³-hybridized carbons (Fsp3) is 0.667. The normalized spacial score (nSPS) is 14.4. The van der Waals surface area contributed by atoms with Crippen molar-refractivity contribution in [2.75, 3.05) is 6.61 Å². The first-order valence-corrected chi connectivity index (χ1v) is 8.12. The summed E-state index contributed by atoms with van der Waals surface area (Å²) in [5.41, 5.74) is -2.97. The van der Waals surface area contributed by atoms with Gasteiger partial charge in [-0.25, -0.2) is 4.79 Å². The summed E-state index contributed by atoms with van der Waals surface area (Å²) in [7, 11) is 0. The molecule has 0 saturated carbocycles. The molecule has 0 aliphatic carbocycles. The zero-order chi connectivity index (χ0) is 26.4. The van der Waals surface area contributed by atoms with Gasteiger partial charge in [0, 0.05) is 24.8 Å². The quantitative estimate of drug-likeness (QED) is 0.110. The third kappa shape index (κ3) is 20.9. The number of carbonyl (C=O) groups is 5. The van der Waals surface area contributed by atoms with E-state index in [0.717, 1.165) is 0 Å². The SMILES string of the molecule is CC(O)C(=O)O.O=C([O-])C(O)C(O)C(O)C(O)CO.O=C([O-])CC(O)(CC(=O)[O-])C(=O)[O-].[Ca+2].[Ca+2]. The summed E-state index contributed by atoms with van der Waals surface area (Å²) in [6.45, 7) is 0.334. The molecule has 0 aromatic rings. The summed E-state index contributed by atoms with van der Waals surface area (Å²) in [5.74, 6) is -9.14. The summed E-state index contributed by atoms with van der Waals surface area (Å²) in [5, 5.41) is 108. The van der Waals surface area contributed by atoms with E-state index >= 15 is 0 Å². The van der Waals surface area contributed by atoms with Crippen molar-refractivity contribution in [3.8, 4) is 0 Å². The minimum Gasteiger partial charge on any atom is -0.550 e. The number of carboxylic acids is 5. The molecule has 0 heterocycles. The Bertz CT molecular complexity index is 624. The molecular formula is C15H22Ca2O17. The molecule has 0 aromatic heterocycles. The minimum atomic E-state index is -2.97. The molecule has 19 heteroatoms. The second-order valence-corrected chi connectivity index (χ2v) is 5.93. The first-order valence-electron chi connectivity index (χ1n) is 8.12. The number of aliphatic hydroxyl groups excluding tert-OH is 6. The van der Waals surface area contributed by atoms with Gasteiger partial charge >= 0.3 is 81.4 Å². The summed E-state index contributed by atoms with van der Waals surface area (Å²) < 4.78 is 0. The van der Waals surface area contributed by atoms with Crippen LogP contribution in [0.5, 0.6) is 0 Å². The van der Waals surface area contributed by atoms with Crippen molar-refractivity contribution in [3.63, 3.8) is 0 Å². The molecule has 0 bridgehead atoms. The van der Waals surface area contributed by atoms with Crippen molar-refractivity contribution in [3.05, 3.63) is 0 Å². The maximum atomic E-state index is 10.1. The number of hydrogen-bond acceptors (Lipinski definition) is 16. The van der Waals surface area contributed by atoms with Crippen LogP contribution in [0.4, 0.5) is 0 Å². The number of rotatable bonds is 11. The standard InChI is InChI=1S/C6H8O7.C6H12O7.C3H6O3.2Ca/c7-3(8)1-6(13,5(11)12)2-4(9)10;7-1-2(8)3(9)4(10)5(11)6(12)13;1-2(4)3(5)6;;/h13H,1-2H2,(H,7,8)(H,9,10)(H,11,12);2-5,7-11H,1H2,(H,12,13);2,4H,1H3,(H,5,6);;/q;;;2*+2/p-4. The molecule has 5 atom stereocenters. The van der Waals surface area contributed by atoms with Crippen molar-refractivity contribution in [1.29, 1.82) is 0 Å². The summed E-state index contributed by atoms with van der Waals surface area (Å²) in [4.78, 5) is 49.4. The van der Waals surface area contributed by atoms with Gasteiger partial charge in [0.15, 0.2) is 0 Å². The van der Waals surface area contributed by atoms with Crippen molar-refractivity contribution >= 4 is 105 Å². The maximum absolute atomic E-state index is 10.1. The number of carbonyl (C=O) groups excluding carboxylic acids is 4. The predicted molar refractivity (Wildman–Crippen MR) is 96.1 cm³/mol. The maximum Gasteiger partial charge on any atom is 2.00 e. The van der Waals surface area contributed by atoms with Crippen molar-refractivity contribution in [1.82, 2.24) is 0 Å². The zero-order valence-electron chi connectivity index (χ0n) is 17.7. The van der Waals surface area contributed by atoms with Gasteiger partial charge in [-0.1, -0.05) is 0 Å². The topological polar surface area (TPSA) is 339 Å². The van der Waals surface area contributed by atoms with E-state index in [1.165, 1.54) is 6.92 Å². The molecule has 0 aromatic carbocycles. The zero-order valence-corrected chi connectivity index (χ0v) is 22.1. The number of hydrogen-bond donors (Lipinski definition) is 8. The van der Waals surface area contributed by atoms with Crippen LogP contribution in [-0.4, -0.2) is 189 Å². The van der Waals surface area contributed by atoms with Gasteiger partial charge in [-0.05, 0) is 6.92 Å². The van der Waals surface area contributed by atoms with E-state index < -0.39 is 85.4 Å². The molecule has 5 unspecified atom stereocenters. The van der Waals surface area contributed by atoms with E-state index in [0.29, 0.717) is 0 Å². The van der Waals surface area contributed by atoms with E-state index in [1.807, 2.05) is 0 Å². The second kappa shape index (κ2) is 21.8. The number of aliphatic carboxylic acids is 5. The van der Waals surface area contributed by atoms with Crippen molar-refractivity contribution < 1.29 is 85.3 Å². The molecule has 0 spiro atoms. The summed E-state index contributed by atoms with van der Waals surface area (Å²) >= 11 is 0. The molecule has 17 nitrogen and oxygen atoms in total. The molecule has 0 amide bonds. The largest absolute Gasteiger partial charge is 2.00 e. The third-order valence-electron chi connectivity index (χ3n) is 3.11. The number of aliphatic hydroxyl groups is 7. The average molecular weight is 554 g/mol. The fourth-order valence-corrected chi connectivity index (χ4v) is 1.35. The Labute approximate surface area is 250 Å². The first kappa shape index (κ1) is 43.6. The van der Waals surface area contributed by atoms with Gasteiger partial charge in [0.25, 0.3) is 0 Å². The molecule has 0 aliphatic rings. The number of carboxylic acid groups (broad SMARTS) is 5. The molecule has 0 rings (SSSR count). The van der Waals surface area contributed by atoms with Crippen LogP contribution in [0.25, 0.3) is 0 Å². The van der Waals surface area contributed by atoms with Crippen LogP contribution < -0.4 is 20.4 Å². The Morgan fingerprint density at radius 2 is 1.12 bits per heavy atom. The molecule has 0 aliphatic heterocycles. The molecule has 8 N–H and O–H groups in total. The van der Waals surface area contributed by atoms with Gasteiger partial charge in [-0.2, -0.15) is 0 Å². The van der Waals surface area contributed by atoms with Gasteiger partial charge in [-0.3, -0.25) is 0 Å². The van der Waals surface area contributed by atoms with Gasteiger partial charge in [-0.15, -0.1) is 0 Å². The fourth-order valence-electron chi connectivity index (χ4n) is 1.35. The van der Waals surface area contributed by atoms with Crippen LogP contribution in [0.3, 0.4) is 0 Å². The Balaban J connectivity index is -0.000000128. The Morgan fingerprint density at radius 1 is 0.794 bits per heavy atom. The second-order valence-electron chi connectivity index (χ2n) is 5.93. The Morgan fingerprint density at radius 3 is 1.29 bits per heavy atom. The third-order valence-corrected chi connectivity index (χ3v) is 3.11. The smallest absolute Gasteiger partial charge is 0.550 e. The monoisotopic (exact) mass is 554 g/mol. The van der Waals surface area contributed by atoms with Crippen molar-refractivity contribution in [2.45, 2.75) is 55.9 Å². The minimum absolute atomic E-state index is 0. The predicted octanol–water partition coefficient (Wildman–Crippen LogP) is -11.4. The van der Waals surface area contributed by atoms with Crippen molar-refractivity contribution in [2.24, 2.45) is 0 Å². The van der Waals surface area contributed by atoms with Gasteiger partial charge in [0.05, 0.1) is 18.5 Å². The molecule has 0 fully saturated rings. The summed E-state index contributed by atoms with van der Waals surface area (Å²) in [6.07, 6.45) is -12.0. The van der Waals surface area contributed by atoms with Gasteiger partial charge < -0.3 is 80.5 Å². The Hall–Kier alpha value is -0.411. The molecule has 188 valence electrons. The molecule has 34 heavy (non-hydrogen) atoms. The van der Waals surface area contributed by atoms with Gasteiger partial charge in [0.1, 0.15) is 36.1 Å². The van der Waals surface area contributed by atoms with Crippen LogP contribution in [0.1, 0.15) is 19.8 Å².